The molecule has 16 heavy (non-hydrogen) atoms. The van der Waals surface area contributed by atoms with Gasteiger partial charge in [-0.2, -0.15) is 5.26 Å². The summed E-state index contributed by atoms with van der Waals surface area (Å²) in [7, 11) is 1.27. The highest BCUT2D eigenvalue weighted by molar-refractivity contribution is 8.00. The van der Waals surface area contributed by atoms with E-state index in [9.17, 15) is 9.18 Å². The Balaban J connectivity index is 2.91. The van der Waals surface area contributed by atoms with Crippen LogP contribution in [0, 0.1) is 17.1 Å². The standard InChI is InChI=1S/C10H9FN2O2S/c1-15-10(14)5-16-9-3-8(13)7(11)2-6(9)4-12/h2-3H,5,13H2,1H3. The van der Waals surface area contributed by atoms with Gasteiger partial charge in [0.2, 0.25) is 0 Å². The number of carbonyl (C=O) groups excluding carboxylic acids is 1. The quantitative estimate of drug-likeness (QED) is 0.492. The van der Waals surface area contributed by atoms with Gasteiger partial charge in [0, 0.05) is 4.90 Å². The van der Waals surface area contributed by atoms with Crippen LogP contribution in [0.1, 0.15) is 5.56 Å². The molecule has 0 atom stereocenters. The van der Waals surface area contributed by atoms with E-state index in [1.165, 1.54) is 13.2 Å². The Kier molecular flexibility index (Phi) is 4.14. The van der Waals surface area contributed by atoms with Crippen molar-refractivity contribution in [2.45, 2.75) is 4.90 Å². The predicted molar refractivity (Wildman–Crippen MR) is 58.3 cm³/mol. The number of nitrogens with zero attached hydrogens (tertiary/aromatic N) is 1. The van der Waals surface area contributed by atoms with Gasteiger partial charge in [-0.3, -0.25) is 4.79 Å². The highest BCUT2D eigenvalue weighted by Crippen LogP contribution is 2.26. The van der Waals surface area contributed by atoms with E-state index < -0.39 is 11.8 Å². The first-order chi connectivity index (χ1) is 7.58. The first kappa shape index (κ1) is 12.3. The van der Waals surface area contributed by atoms with Crippen LogP contribution in [0.15, 0.2) is 17.0 Å². The van der Waals surface area contributed by atoms with Crippen LogP contribution in [-0.2, 0) is 9.53 Å². The first-order valence-corrected chi connectivity index (χ1v) is 5.25. The van der Waals surface area contributed by atoms with E-state index in [-0.39, 0.29) is 17.0 Å². The average molecular weight is 240 g/mol. The Bertz CT molecular complexity index is 457. The summed E-state index contributed by atoms with van der Waals surface area (Å²) in [6, 6.07) is 4.22. The fraction of sp³-hybridized carbons (Fsp3) is 0.200. The number of thioether (sulfide) groups is 1. The number of carbonyl (C=O) groups is 1. The van der Waals surface area contributed by atoms with Gasteiger partial charge in [0.1, 0.15) is 11.9 Å². The SMILES string of the molecule is COC(=O)CSc1cc(N)c(F)cc1C#N. The molecule has 1 aromatic carbocycles. The normalized spacial score (nSPS) is 9.56. The molecule has 0 heterocycles. The zero-order chi connectivity index (χ0) is 12.1. The molecule has 0 aliphatic heterocycles. The lowest BCUT2D eigenvalue weighted by Gasteiger charge is -2.05. The van der Waals surface area contributed by atoms with Gasteiger partial charge in [-0.05, 0) is 12.1 Å². The van der Waals surface area contributed by atoms with Crippen LogP contribution in [0.25, 0.3) is 0 Å². The van der Waals surface area contributed by atoms with E-state index in [1.54, 1.807) is 0 Å². The van der Waals surface area contributed by atoms with Crippen molar-refractivity contribution in [3.8, 4) is 6.07 Å². The van der Waals surface area contributed by atoms with Gasteiger partial charge in [0.25, 0.3) is 0 Å². The van der Waals surface area contributed by atoms with Gasteiger partial charge in [0.05, 0.1) is 24.1 Å². The van der Waals surface area contributed by atoms with Crippen molar-refractivity contribution < 1.29 is 13.9 Å². The monoisotopic (exact) mass is 240 g/mol. The zero-order valence-electron chi connectivity index (χ0n) is 8.49. The topological polar surface area (TPSA) is 76.1 Å². The van der Waals surface area contributed by atoms with Crippen LogP contribution < -0.4 is 5.73 Å². The summed E-state index contributed by atoms with van der Waals surface area (Å²) in [6.45, 7) is 0. The lowest BCUT2D eigenvalue weighted by Crippen LogP contribution is -2.03. The molecule has 0 fully saturated rings. The van der Waals surface area contributed by atoms with Crippen LogP contribution in [0.2, 0.25) is 0 Å². The predicted octanol–water partition coefficient (Wildman–Crippen LogP) is 1.54. The van der Waals surface area contributed by atoms with Gasteiger partial charge >= 0.3 is 5.97 Å². The van der Waals surface area contributed by atoms with Gasteiger partial charge < -0.3 is 10.5 Å². The lowest BCUT2D eigenvalue weighted by atomic mass is 10.2. The Morgan fingerprint density at radius 1 is 1.69 bits per heavy atom. The van der Waals surface area contributed by atoms with E-state index in [0.717, 1.165) is 17.8 Å². The number of ether oxygens (including phenoxy) is 1. The van der Waals surface area contributed by atoms with Gasteiger partial charge in [0.15, 0.2) is 0 Å². The number of nitrogens with two attached hydrogens (primary N) is 1. The Labute approximate surface area is 96.2 Å². The summed E-state index contributed by atoms with van der Waals surface area (Å²) in [4.78, 5) is 11.4. The molecule has 0 radical (unpaired) electrons. The third-order valence-electron chi connectivity index (χ3n) is 1.79. The Morgan fingerprint density at radius 2 is 2.38 bits per heavy atom. The third kappa shape index (κ3) is 2.87. The molecular weight excluding hydrogens is 231 g/mol. The summed E-state index contributed by atoms with van der Waals surface area (Å²) >= 11 is 1.08. The second-order valence-electron chi connectivity index (χ2n) is 2.85. The van der Waals surface area contributed by atoms with Crippen LogP contribution in [0.3, 0.4) is 0 Å². The number of methoxy groups -OCH3 is 1. The number of hydrogen-bond donors (Lipinski definition) is 1. The highest BCUT2D eigenvalue weighted by atomic mass is 32.2. The molecule has 6 heteroatoms. The molecule has 2 N–H and O–H groups in total. The highest BCUT2D eigenvalue weighted by Gasteiger charge is 2.10. The Morgan fingerprint density at radius 3 is 2.94 bits per heavy atom. The maximum absolute atomic E-state index is 13.0. The van der Waals surface area contributed by atoms with Crippen LogP contribution in [0.4, 0.5) is 10.1 Å². The molecule has 84 valence electrons. The summed E-state index contributed by atoms with van der Waals surface area (Å²) < 4.78 is 17.5. The molecule has 0 saturated carbocycles. The van der Waals surface area contributed by atoms with E-state index in [0.29, 0.717) is 4.90 Å². The number of rotatable bonds is 3. The van der Waals surface area contributed by atoms with E-state index in [1.807, 2.05) is 6.07 Å². The molecule has 0 amide bonds. The molecule has 0 aliphatic carbocycles. The minimum atomic E-state index is -0.640. The fourth-order valence-electron chi connectivity index (χ4n) is 0.972. The zero-order valence-corrected chi connectivity index (χ0v) is 9.31. The summed E-state index contributed by atoms with van der Waals surface area (Å²) in [5, 5.41) is 8.77. The summed E-state index contributed by atoms with van der Waals surface area (Å²) in [5.74, 6) is -1.01. The number of nitriles is 1. The third-order valence-corrected chi connectivity index (χ3v) is 2.82. The van der Waals surface area contributed by atoms with Gasteiger partial charge in [-0.25, -0.2) is 4.39 Å². The second-order valence-corrected chi connectivity index (χ2v) is 3.86. The van der Waals surface area contributed by atoms with Crippen molar-refractivity contribution in [3.05, 3.63) is 23.5 Å². The molecule has 0 aliphatic rings. The molecular formula is C10H9FN2O2S. The van der Waals surface area contributed by atoms with E-state index in [2.05, 4.69) is 4.74 Å². The number of benzene rings is 1. The minimum absolute atomic E-state index is 0.0497. The van der Waals surface area contributed by atoms with E-state index >= 15 is 0 Å². The number of esters is 1. The smallest absolute Gasteiger partial charge is 0.315 e. The van der Waals surface area contributed by atoms with Gasteiger partial charge in [-0.15, -0.1) is 11.8 Å². The number of anilines is 1. The van der Waals surface area contributed by atoms with Crippen LogP contribution in [-0.4, -0.2) is 18.8 Å². The van der Waals surface area contributed by atoms with Gasteiger partial charge in [-0.1, -0.05) is 0 Å². The van der Waals surface area contributed by atoms with Crippen molar-refractivity contribution in [1.82, 2.24) is 0 Å². The first-order valence-electron chi connectivity index (χ1n) is 4.27. The molecule has 0 spiro atoms. The van der Waals surface area contributed by atoms with Crippen molar-refractivity contribution >= 4 is 23.4 Å². The summed E-state index contributed by atoms with van der Waals surface area (Å²) in [5.41, 5.74) is 5.47. The van der Waals surface area contributed by atoms with E-state index in [4.69, 9.17) is 11.0 Å². The van der Waals surface area contributed by atoms with Crippen molar-refractivity contribution in [2.75, 3.05) is 18.6 Å². The molecule has 0 unspecified atom stereocenters. The molecule has 4 nitrogen and oxygen atoms in total. The molecule has 0 bridgehead atoms. The summed E-state index contributed by atoms with van der Waals surface area (Å²) in [6.07, 6.45) is 0. The average Bonchev–Trinajstić information content (AvgIpc) is 2.29. The maximum Gasteiger partial charge on any atom is 0.315 e. The molecule has 1 aromatic rings. The van der Waals surface area contributed by atoms with Crippen molar-refractivity contribution in [1.29, 1.82) is 5.26 Å². The number of nitrogen functional groups attached to an aromatic ring is 1. The van der Waals surface area contributed by atoms with Crippen LogP contribution in [0.5, 0.6) is 0 Å². The number of halogens is 1. The second kappa shape index (κ2) is 5.37. The minimum Gasteiger partial charge on any atom is -0.468 e. The molecule has 0 saturated heterocycles. The van der Waals surface area contributed by atoms with Crippen molar-refractivity contribution in [2.24, 2.45) is 0 Å². The fourth-order valence-corrected chi connectivity index (χ4v) is 1.83. The van der Waals surface area contributed by atoms with Crippen molar-refractivity contribution in [3.63, 3.8) is 0 Å². The maximum atomic E-state index is 13.0. The molecule has 0 aromatic heterocycles. The largest absolute Gasteiger partial charge is 0.468 e. The lowest BCUT2D eigenvalue weighted by molar-refractivity contribution is -0.137. The Hall–Kier alpha value is -1.74. The number of hydrogen-bond acceptors (Lipinski definition) is 5. The van der Waals surface area contributed by atoms with Crippen LogP contribution >= 0.6 is 11.8 Å². The molecule has 1 rings (SSSR count).